The quantitative estimate of drug-likeness (QED) is 0.398. The van der Waals surface area contributed by atoms with Gasteiger partial charge in [-0.15, -0.1) is 0 Å². The summed E-state index contributed by atoms with van der Waals surface area (Å²) in [6.07, 6.45) is -13.1. The van der Waals surface area contributed by atoms with Crippen molar-refractivity contribution in [2.75, 3.05) is 0 Å². The zero-order valence-corrected chi connectivity index (χ0v) is 18.2. The monoisotopic (exact) mass is 484 g/mol. The number of hydrogen-bond donors (Lipinski definition) is 1. The third-order valence-corrected chi connectivity index (χ3v) is 6.89. The van der Waals surface area contributed by atoms with Crippen LogP contribution in [0, 0.1) is 11.3 Å². The molecule has 2 aliphatic rings. The molecule has 32 heavy (non-hydrogen) atoms. The van der Waals surface area contributed by atoms with Gasteiger partial charge in [0.15, 0.2) is 11.2 Å². The Bertz CT molecular complexity index is 713. The van der Waals surface area contributed by atoms with Gasteiger partial charge in [0.05, 0.1) is 5.41 Å². The lowest BCUT2D eigenvalue weighted by atomic mass is 9.64. The first-order chi connectivity index (χ1) is 14.2. The maximum atomic E-state index is 15.7. The highest BCUT2D eigenvalue weighted by Crippen LogP contribution is 2.64. The van der Waals surface area contributed by atoms with Gasteiger partial charge in [-0.2, -0.15) is 35.1 Å². The molecule has 1 saturated carbocycles. The Morgan fingerprint density at radius 1 is 1.03 bits per heavy atom. The molecule has 1 N–H and O–H groups in total. The number of alkyl halides is 8. The zero-order valence-electron chi connectivity index (χ0n) is 18.2. The first kappa shape index (κ1) is 27.1. The molecule has 3 atom stereocenters. The van der Waals surface area contributed by atoms with Gasteiger partial charge in [-0.25, -0.2) is 0 Å². The molecule has 0 aromatic rings. The summed E-state index contributed by atoms with van der Waals surface area (Å²) in [5, 5.41) is 10.1. The molecule has 0 aromatic carbocycles. The highest BCUT2D eigenvalue weighted by atomic mass is 19.4. The molecule has 4 nitrogen and oxygen atoms in total. The Balaban J connectivity index is 2.83. The van der Waals surface area contributed by atoms with Crippen molar-refractivity contribution in [2.24, 2.45) is 11.3 Å². The summed E-state index contributed by atoms with van der Waals surface area (Å²) in [5.74, 6) is -13.9. The molecule has 3 unspecified atom stereocenters. The predicted octanol–water partition coefficient (Wildman–Crippen LogP) is 5.91. The molecular formula is C20H28F8O4. The molecule has 1 saturated heterocycles. The Hall–Kier alpha value is -1.17. The minimum atomic E-state index is -6.32. The van der Waals surface area contributed by atoms with Crippen molar-refractivity contribution in [3.05, 3.63) is 0 Å². The molecule has 12 heteroatoms. The van der Waals surface area contributed by atoms with Crippen LogP contribution in [-0.2, 0) is 14.3 Å². The topological polar surface area (TPSA) is 55.8 Å². The molecule has 188 valence electrons. The third-order valence-electron chi connectivity index (χ3n) is 6.89. The number of aliphatic hydroxyl groups is 1. The molecule has 0 radical (unpaired) electrons. The molecule has 0 bridgehead atoms. The number of hydrogen-bond acceptors (Lipinski definition) is 4. The van der Waals surface area contributed by atoms with E-state index in [4.69, 9.17) is 4.74 Å². The van der Waals surface area contributed by atoms with Gasteiger partial charge in [-0.1, -0.05) is 26.2 Å². The highest BCUT2D eigenvalue weighted by Gasteiger charge is 2.87. The summed E-state index contributed by atoms with van der Waals surface area (Å²) in [4.78, 5) is 12.8. The maximum Gasteiger partial charge on any atom is 0.449 e. The van der Waals surface area contributed by atoms with Crippen LogP contribution in [0.3, 0.4) is 0 Å². The fourth-order valence-corrected chi connectivity index (χ4v) is 4.32. The number of esters is 1. The van der Waals surface area contributed by atoms with Crippen molar-refractivity contribution in [2.45, 2.75) is 108 Å². The summed E-state index contributed by atoms with van der Waals surface area (Å²) < 4.78 is 123. The first-order valence-corrected chi connectivity index (χ1v) is 10.4. The number of ether oxygens (including phenoxy) is 2. The van der Waals surface area contributed by atoms with E-state index in [1.165, 1.54) is 20.8 Å². The van der Waals surface area contributed by atoms with Gasteiger partial charge < -0.3 is 14.6 Å². The van der Waals surface area contributed by atoms with Crippen molar-refractivity contribution in [1.82, 2.24) is 0 Å². The minimum absolute atomic E-state index is 0.0225. The fourth-order valence-electron chi connectivity index (χ4n) is 4.32. The van der Waals surface area contributed by atoms with E-state index in [1.54, 1.807) is 0 Å². The molecule has 2 fully saturated rings. The summed E-state index contributed by atoms with van der Waals surface area (Å²) in [7, 11) is 0. The SMILES string of the molecule is CCC(C)(C)C(=O)OC1(C2CCCCC2)CC(C)(C(F)(F)F)OC(O)(C(F)(F)F)C1(F)F. The van der Waals surface area contributed by atoms with Crippen LogP contribution in [0.25, 0.3) is 0 Å². The molecule has 2 rings (SSSR count). The van der Waals surface area contributed by atoms with Gasteiger partial charge in [-0.3, -0.25) is 4.79 Å². The lowest BCUT2D eigenvalue weighted by Gasteiger charge is -2.59. The van der Waals surface area contributed by atoms with E-state index in [0.29, 0.717) is 6.42 Å². The minimum Gasteiger partial charge on any atom is -0.452 e. The van der Waals surface area contributed by atoms with Crippen molar-refractivity contribution >= 4 is 5.97 Å². The smallest absolute Gasteiger partial charge is 0.449 e. The summed E-state index contributed by atoms with van der Waals surface area (Å²) in [6.45, 7) is 4.19. The van der Waals surface area contributed by atoms with Gasteiger partial charge in [-0.05, 0) is 40.0 Å². The Labute approximate surface area is 180 Å². The van der Waals surface area contributed by atoms with Gasteiger partial charge in [0.1, 0.15) is 0 Å². The molecule has 1 aliphatic carbocycles. The molecular weight excluding hydrogens is 456 g/mol. The lowest BCUT2D eigenvalue weighted by molar-refractivity contribution is -0.520. The van der Waals surface area contributed by atoms with Crippen LogP contribution in [-0.4, -0.2) is 46.3 Å². The second-order valence-electron chi connectivity index (χ2n) is 9.58. The van der Waals surface area contributed by atoms with Crippen LogP contribution in [0.5, 0.6) is 0 Å². The van der Waals surface area contributed by atoms with Crippen LogP contribution in [0.1, 0.15) is 72.6 Å². The predicted molar refractivity (Wildman–Crippen MR) is 95.6 cm³/mol. The third kappa shape index (κ3) is 3.99. The molecule has 0 spiro atoms. The van der Waals surface area contributed by atoms with E-state index in [-0.39, 0.29) is 39.0 Å². The first-order valence-electron chi connectivity index (χ1n) is 10.4. The standard InChI is InChI=1S/C20H28F8O4/c1-5-14(2,3)13(29)31-16(12-9-7-6-8-10-12)11-15(4,19(23,24)25)32-18(30,17(16,21)22)20(26,27)28/h12,30H,5-11H2,1-4H3. The van der Waals surface area contributed by atoms with Gasteiger partial charge >= 0.3 is 30.0 Å². The summed E-state index contributed by atoms with van der Waals surface area (Å²) in [5.41, 5.74) is -8.93. The van der Waals surface area contributed by atoms with Crippen molar-refractivity contribution in [3.8, 4) is 0 Å². The van der Waals surface area contributed by atoms with Crippen molar-refractivity contribution in [3.63, 3.8) is 0 Å². The second-order valence-corrected chi connectivity index (χ2v) is 9.58. The molecule has 1 heterocycles. The van der Waals surface area contributed by atoms with E-state index in [9.17, 15) is 36.2 Å². The average molecular weight is 484 g/mol. The van der Waals surface area contributed by atoms with Gasteiger partial charge in [0, 0.05) is 12.3 Å². The van der Waals surface area contributed by atoms with Crippen LogP contribution >= 0.6 is 0 Å². The van der Waals surface area contributed by atoms with E-state index in [0.717, 1.165) is 0 Å². The van der Waals surface area contributed by atoms with Gasteiger partial charge in [0.25, 0.3) is 0 Å². The van der Waals surface area contributed by atoms with E-state index < -0.39 is 59.0 Å². The molecule has 0 aromatic heterocycles. The molecule has 1 aliphatic heterocycles. The Kier molecular flexibility index (Phi) is 6.73. The second kappa shape index (κ2) is 7.95. The van der Waals surface area contributed by atoms with E-state index in [1.807, 2.05) is 0 Å². The van der Waals surface area contributed by atoms with Gasteiger partial charge in [0.2, 0.25) is 0 Å². The number of carbonyl (C=O) groups excluding carboxylic acids is 1. The summed E-state index contributed by atoms with van der Waals surface area (Å²) >= 11 is 0. The lowest BCUT2D eigenvalue weighted by Crippen LogP contribution is -2.80. The number of rotatable bonds is 4. The van der Waals surface area contributed by atoms with Crippen LogP contribution in [0.4, 0.5) is 35.1 Å². The Morgan fingerprint density at radius 2 is 1.53 bits per heavy atom. The van der Waals surface area contributed by atoms with E-state index >= 15 is 8.78 Å². The maximum absolute atomic E-state index is 15.7. The van der Waals surface area contributed by atoms with E-state index in [2.05, 4.69) is 4.74 Å². The molecule has 0 amide bonds. The average Bonchev–Trinajstić information content (AvgIpc) is 2.64. The van der Waals surface area contributed by atoms with Crippen LogP contribution < -0.4 is 0 Å². The van der Waals surface area contributed by atoms with Crippen LogP contribution in [0.2, 0.25) is 0 Å². The van der Waals surface area contributed by atoms with Crippen LogP contribution in [0.15, 0.2) is 0 Å². The number of carbonyl (C=O) groups is 1. The highest BCUT2D eigenvalue weighted by molar-refractivity contribution is 5.76. The fraction of sp³-hybridized carbons (Fsp3) is 0.950. The van der Waals surface area contributed by atoms with Crippen molar-refractivity contribution < 1.29 is 54.5 Å². The van der Waals surface area contributed by atoms with Crippen molar-refractivity contribution in [1.29, 1.82) is 0 Å². The number of halogens is 8. The summed E-state index contributed by atoms with van der Waals surface area (Å²) in [6, 6.07) is 0. The zero-order chi connectivity index (χ0) is 25.0. The Morgan fingerprint density at radius 3 is 1.94 bits per heavy atom. The normalized spacial score (nSPS) is 34.9. The largest absolute Gasteiger partial charge is 0.452 e.